The van der Waals surface area contributed by atoms with Crippen LogP contribution in [0.3, 0.4) is 0 Å². The van der Waals surface area contributed by atoms with Gasteiger partial charge in [0.1, 0.15) is 0 Å². The normalized spacial score (nSPS) is 27.2. The molecule has 0 radical (unpaired) electrons. The van der Waals surface area contributed by atoms with Crippen LogP contribution < -0.4 is 5.73 Å². The molecule has 1 heterocycles. The number of carbonyl (C=O) groups is 1. The minimum atomic E-state index is -0.666. The molecule has 0 aromatic carbocycles. The first-order valence-corrected chi connectivity index (χ1v) is 6.57. The Morgan fingerprint density at radius 2 is 2.00 bits per heavy atom. The Labute approximate surface area is 109 Å². The number of carbonyl (C=O) groups excluding carboxylic acids is 1. The van der Waals surface area contributed by atoms with Gasteiger partial charge < -0.3 is 19.9 Å². The summed E-state index contributed by atoms with van der Waals surface area (Å²) >= 11 is 0. The van der Waals surface area contributed by atoms with E-state index in [4.69, 9.17) is 19.9 Å². The topological polar surface area (TPSA) is 70.8 Å². The molecule has 1 aliphatic heterocycles. The average molecular weight is 259 g/mol. The fourth-order valence-corrected chi connectivity index (χ4v) is 2.20. The molecule has 0 bridgehead atoms. The maximum atomic E-state index is 11.6. The molecule has 1 fully saturated rings. The standard InChI is InChI=1S/C13H25NO4/c1-9(2)16-12(15)8-11-7-10(5-6-14)17-13(3,4)18-11/h9-11H,5-8,14H2,1-4H3. The Morgan fingerprint density at radius 1 is 1.39 bits per heavy atom. The maximum absolute atomic E-state index is 11.6. The van der Waals surface area contributed by atoms with Gasteiger partial charge in [-0.25, -0.2) is 0 Å². The summed E-state index contributed by atoms with van der Waals surface area (Å²) in [5.41, 5.74) is 5.55. The summed E-state index contributed by atoms with van der Waals surface area (Å²) in [7, 11) is 0. The molecular formula is C13H25NO4. The van der Waals surface area contributed by atoms with E-state index < -0.39 is 5.79 Å². The molecule has 5 nitrogen and oxygen atoms in total. The van der Waals surface area contributed by atoms with Gasteiger partial charge in [0.05, 0.1) is 24.7 Å². The van der Waals surface area contributed by atoms with Gasteiger partial charge >= 0.3 is 5.97 Å². The van der Waals surface area contributed by atoms with E-state index in [0.29, 0.717) is 13.0 Å². The highest BCUT2D eigenvalue weighted by Crippen LogP contribution is 2.29. The first-order valence-electron chi connectivity index (χ1n) is 6.57. The van der Waals surface area contributed by atoms with Gasteiger partial charge in [-0.05, 0) is 40.7 Å². The van der Waals surface area contributed by atoms with Crippen molar-refractivity contribution in [1.29, 1.82) is 0 Å². The number of rotatable bonds is 5. The molecule has 1 rings (SSSR count). The highest BCUT2D eigenvalue weighted by atomic mass is 16.7. The zero-order valence-electron chi connectivity index (χ0n) is 11.8. The van der Waals surface area contributed by atoms with Gasteiger partial charge in [0.2, 0.25) is 0 Å². The minimum Gasteiger partial charge on any atom is -0.463 e. The third kappa shape index (κ3) is 5.33. The summed E-state index contributed by atoms with van der Waals surface area (Å²) in [4.78, 5) is 11.6. The Kier molecular flexibility index (Phi) is 5.56. The van der Waals surface area contributed by atoms with Crippen molar-refractivity contribution in [2.75, 3.05) is 6.54 Å². The Hall–Kier alpha value is -0.650. The third-order valence-electron chi connectivity index (χ3n) is 2.68. The Bertz CT molecular complexity index is 278. The number of nitrogens with two attached hydrogens (primary N) is 1. The lowest BCUT2D eigenvalue weighted by atomic mass is 10.0. The monoisotopic (exact) mass is 259 g/mol. The molecule has 0 aromatic heterocycles. The molecule has 0 spiro atoms. The van der Waals surface area contributed by atoms with Crippen molar-refractivity contribution in [2.24, 2.45) is 5.73 Å². The van der Waals surface area contributed by atoms with Crippen LogP contribution in [0.25, 0.3) is 0 Å². The van der Waals surface area contributed by atoms with E-state index in [0.717, 1.165) is 6.42 Å². The lowest BCUT2D eigenvalue weighted by Crippen LogP contribution is -2.46. The van der Waals surface area contributed by atoms with E-state index in [1.54, 1.807) is 0 Å². The van der Waals surface area contributed by atoms with Gasteiger partial charge in [-0.2, -0.15) is 0 Å². The van der Waals surface area contributed by atoms with Crippen molar-refractivity contribution in [3.63, 3.8) is 0 Å². The van der Waals surface area contributed by atoms with Crippen molar-refractivity contribution in [3.8, 4) is 0 Å². The first-order chi connectivity index (χ1) is 8.32. The Balaban J connectivity index is 2.51. The smallest absolute Gasteiger partial charge is 0.308 e. The van der Waals surface area contributed by atoms with E-state index in [1.807, 2.05) is 27.7 Å². The zero-order chi connectivity index (χ0) is 13.8. The van der Waals surface area contributed by atoms with E-state index >= 15 is 0 Å². The summed E-state index contributed by atoms with van der Waals surface area (Å²) in [6, 6.07) is 0. The van der Waals surface area contributed by atoms with Crippen LogP contribution in [0.5, 0.6) is 0 Å². The number of hydrogen-bond acceptors (Lipinski definition) is 5. The molecule has 18 heavy (non-hydrogen) atoms. The minimum absolute atomic E-state index is 0.0515. The third-order valence-corrected chi connectivity index (χ3v) is 2.68. The molecule has 1 saturated heterocycles. The Morgan fingerprint density at radius 3 is 2.56 bits per heavy atom. The van der Waals surface area contributed by atoms with Gasteiger partial charge in [-0.1, -0.05) is 0 Å². The number of ether oxygens (including phenoxy) is 3. The number of esters is 1. The van der Waals surface area contributed by atoms with Crippen molar-refractivity contribution in [2.45, 2.75) is 71.1 Å². The molecule has 5 heteroatoms. The molecule has 0 saturated carbocycles. The van der Waals surface area contributed by atoms with Crippen molar-refractivity contribution in [3.05, 3.63) is 0 Å². The average Bonchev–Trinajstić information content (AvgIpc) is 2.12. The molecule has 2 atom stereocenters. The van der Waals surface area contributed by atoms with Crippen molar-refractivity contribution >= 4 is 5.97 Å². The molecule has 0 aromatic rings. The highest BCUT2D eigenvalue weighted by molar-refractivity contribution is 5.70. The van der Waals surface area contributed by atoms with Crippen LogP contribution in [0, 0.1) is 0 Å². The quantitative estimate of drug-likeness (QED) is 0.759. The maximum Gasteiger partial charge on any atom is 0.308 e. The molecule has 0 aliphatic carbocycles. The van der Waals surface area contributed by atoms with Gasteiger partial charge in [0.25, 0.3) is 0 Å². The van der Waals surface area contributed by atoms with Crippen molar-refractivity contribution in [1.82, 2.24) is 0 Å². The fourth-order valence-electron chi connectivity index (χ4n) is 2.20. The van der Waals surface area contributed by atoms with Gasteiger partial charge in [0, 0.05) is 6.42 Å². The summed E-state index contributed by atoms with van der Waals surface area (Å²) in [6.45, 7) is 7.96. The summed E-state index contributed by atoms with van der Waals surface area (Å²) in [6.07, 6.45) is 1.54. The fraction of sp³-hybridized carbons (Fsp3) is 0.923. The van der Waals surface area contributed by atoms with Crippen LogP contribution in [0.4, 0.5) is 0 Å². The van der Waals surface area contributed by atoms with E-state index in [-0.39, 0.29) is 30.7 Å². The van der Waals surface area contributed by atoms with Crippen LogP contribution in [-0.2, 0) is 19.0 Å². The largest absolute Gasteiger partial charge is 0.463 e. The molecule has 0 amide bonds. The second-order valence-corrected chi connectivity index (χ2v) is 5.44. The lowest BCUT2D eigenvalue weighted by molar-refractivity contribution is -0.300. The van der Waals surface area contributed by atoms with Gasteiger partial charge in [-0.15, -0.1) is 0 Å². The molecule has 106 valence electrons. The predicted molar refractivity (Wildman–Crippen MR) is 68.0 cm³/mol. The SMILES string of the molecule is CC(C)OC(=O)CC1CC(CCN)OC(C)(C)O1. The van der Waals surface area contributed by atoms with Crippen molar-refractivity contribution < 1.29 is 19.0 Å². The molecule has 1 aliphatic rings. The van der Waals surface area contributed by atoms with Crippen LogP contribution in [0.1, 0.15) is 47.0 Å². The number of hydrogen-bond donors (Lipinski definition) is 1. The van der Waals surface area contributed by atoms with Crippen LogP contribution in [0.2, 0.25) is 0 Å². The van der Waals surface area contributed by atoms with Gasteiger partial charge in [-0.3, -0.25) is 4.79 Å². The first kappa shape index (κ1) is 15.4. The molecule has 2 unspecified atom stereocenters. The molecular weight excluding hydrogens is 234 g/mol. The lowest BCUT2D eigenvalue weighted by Gasteiger charge is -2.40. The van der Waals surface area contributed by atoms with E-state index in [2.05, 4.69) is 0 Å². The van der Waals surface area contributed by atoms with Crippen LogP contribution in [0.15, 0.2) is 0 Å². The van der Waals surface area contributed by atoms with Crippen LogP contribution >= 0.6 is 0 Å². The summed E-state index contributed by atoms with van der Waals surface area (Å²) < 4.78 is 16.6. The van der Waals surface area contributed by atoms with E-state index in [9.17, 15) is 4.79 Å². The van der Waals surface area contributed by atoms with Crippen LogP contribution in [-0.4, -0.2) is 36.6 Å². The predicted octanol–water partition coefficient (Wildman–Crippen LogP) is 1.59. The summed E-state index contributed by atoms with van der Waals surface area (Å²) in [5, 5.41) is 0. The van der Waals surface area contributed by atoms with E-state index in [1.165, 1.54) is 0 Å². The highest BCUT2D eigenvalue weighted by Gasteiger charge is 2.36. The second kappa shape index (κ2) is 6.50. The zero-order valence-corrected chi connectivity index (χ0v) is 11.8. The molecule has 2 N–H and O–H groups in total. The second-order valence-electron chi connectivity index (χ2n) is 5.44. The summed E-state index contributed by atoms with van der Waals surface area (Å²) in [5.74, 6) is -0.889. The van der Waals surface area contributed by atoms with Gasteiger partial charge in [0.15, 0.2) is 5.79 Å².